The minimum atomic E-state index is -0.670. The molecule has 7 heteroatoms. The molecule has 2 aromatic heterocycles. The molecule has 0 aromatic carbocycles. The van der Waals surface area contributed by atoms with Gasteiger partial charge in [0.05, 0.1) is 18.1 Å². The van der Waals surface area contributed by atoms with Crippen LogP contribution in [-0.2, 0) is 4.74 Å². The van der Waals surface area contributed by atoms with Crippen LogP contribution in [0.25, 0.3) is 11.0 Å². The summed E-state index contributed by atoms with van der Waals surface area (Å²) < 4.78 is 4.57. The summed E-state index contributed by atoms with van der Waals surface area (Å²) in [5.41, 5.74) is -0.695. The maximum Gasteiger partial charge on any atom is 0.338 e. The van der Waals surface area contributed by atoms with Crippen LogP contribution in [-0.4, -0.2) is 28.0 Å². The molecule has 7 nitrogen and oxygen atoms in total. The van der Waals surface area contributed by atoms with Crippen molar-refractivity contribution in [3.8, 4) is 0 Å². The van der Waals surface area contributed by atoms with Crippen LogP contribution in [0.2, 0.25) is 0 Å². The molecule has 0 radical (unpaired) electrons. The number of hydrogen-bond acceptors (Lipinski definition) is 5. The van der Waals surface area contributed by atoms with E-state index in [-0.39, 0.29) is 16.6 Å². The molecule has 0 saturated carbocycles. The number of fused-ring (bicyclic) bond motifs is 1. The highest BCUT2D eigenvalue weighted by molar-refractivity contribution is 6.02. The van der Waals surface area contributed by atoms with Crippen LogP contribution in [0.4, 0.5) is 0 Å². The molecule has 0 saturated heterocycles. The Hall–Kier alpha value is -2.44. The average molecular weight is 235 g/mol. The summed E-state index contributed by atoms with van der Waals surface area (Å²) in [6.07, 6.45) is 0. The Labute approximate surface area is 94.5 Å². The van der Waals surface area contributed by atoms with Gasteiger partial charge in [0, 0.05) is 5.69 Å². The van der Waals surface area contributed by atoms with E-state index in [4.69, 9.17) is 0 Å². The predicted octanol–water partition coefficient (Wildman–Crippen LogP) is -0.294. The van der Waals surface area contributed by atoms with Crippen molar-refractivity contribution in [1.82, 2.24) is 15.0 Å². The highest BCUT2D eigenvalue weighted by Gasteiger charge is 2.15. The SMILES string of the molecule is COC(=O)c1cc(C)nc2[nH]c(=O)[nH]c(=O)c12. The molecule has 0 unspecified atom stereocenters. The number of esters is 1. The number of nitrogens with zero attached hydrogens (tertiary/aromatic N) is 1. The first-order valence-corrected chi connectivity index (χ1v) is 4.75. The van der Waals surface area contributed by atoms with Crippen molar-refractivity contribution < 1.29 is 9.53 Å². The zero-order valence-electron chi connectivity index (χ0n) is 9.16. The first-order valence-electron chi connectivity index (χ1n) is 4.75. The van der Waals surface area contributed by atoms with Gasteiger partial charge < -0.3 is 4.74 Å². The minimum absolute atomic E-state index is 0.0158. The number of ether oxygens (including phenoxy) is 1. The fourth-order valence-corrected chi connectivity index (χ4v) is 1.57. The fraction of sp³-hybridized carbons (Fsp3) is 0.200. The van der Waals surface area contributed by atoms with Gasteiger partial charge in [-0.3, -0.25) is 14.8 Å². The van der Waals surface area contributed by atoms with Gasteiger partial charge in [0.1, 0.15) is 5.65 Å². The molecule has 0 atom stereocenters. The number of H-pyrrole nitrogens is 2. The molecule has 0 spiro atoms. The minimum Gasteiger partial charge on any atom is -0.465 e. The van der Waals surface area contributed by atoms with Crippen LogP contribution in [0.3, 0.4) is 0 Å². The van der Waals surface area contributed by atoms with Crippen molar-refractivity contribution >= 4 is 17.0 Å². The summed E-state index contributed by atoms with van der Waals surface area (Å²) in [6, 6.07) is 1.43. The average Bonchev–Trinajstić information content (AvgIpc) is 2.25. The first-order chi connectivity index (χ1) is 8.02. The van der Waals surface area contributed by atoms with Crippen molar-refractivity contribution in [2.75, 3.05) is 7.11 Å². The number of carbonyl (C=O) groups is 1. The van der Waals surface area contributed by atoms with Crippen LogP contribution in [0.1, 0.15) is 16.1 Å². The molecule has 0 bridgehead atoms. The van der Waals surface area contributed by atoms with Gasteiger partial charge in [0.2, 0.25) is 0 Å². The number of carbonyl (C=O) groups excluding carboxylic acids is 1. The molecule has 0 aliphatic heterocycles. The standard InChI is InChI=1S/C10H9N3O4/c1-4-3-5(9(15)17-2)6-7(11-4)12-10(16)13-8(6)14/h3H,1-2H3,(H2,11,12,13,14,16). The monoisotopic (exact) mass is 235 g/mol. The van der Waals surface area contributed by atoms with Crippen LogP contribution < -0.4 is 11.2 Å². The Kier molecular flexibility index (Phi) is 2.51. The molecular weight excluding hydrogens is 226 g/mol. The maximum atomic E-state index is 11.6. The normalized spacial score (nSPS) is 10.5. The molecule has 0 aliphatic carbocycles. The topological polar surface area (TPSA) is 105 Å². The molecule has 2 N–H and O–H groups in total. The van der Waals surface area contributed by atoms with Gasteiger partial charge in [0.15, 0.2) is 0 Å². The van der Waals surface area contributed by atoms with E-state index in [1.54, 1.807) is 6.92 Å². The number of hydrogen-bond donors (Lipinski definition) is 2. The summed E-state index contributed by atoms with van der Waals surface area (Å²) in [5.74, 6) is -0.655. The van der Waals surface area contributed by atoms with E-state index < -0.39 is 17.2 Å². The first kappa shape index (κ1) is 11.1. The van der Waals surface area contributed by atoms with E-state index in [2.05, 4.69) is 14.7 Å². The molecule has 88 valence electrons. The summed E-state index contributed by atoms with van der Waals surface area (Å²) in [7, 11) is 1.21. The number of rotatable bonds is 1. The largest absolute Gasteiger partial charge is 0.465 e. The van der Waals surface area contributed by atoms with Crippen molar-refractivity contribution in [2.45, 2.75) is 6.92 Å². The van der Waals surface area contributed by atoms with E-state index in [1.807, 2.05) is 4.98 Å². The Morgan fingerprint density at radius 1 is 1.35 bits per heavy atom. The molecule has 2 heterocycles. The quantitative estimate of drug-likeness (QED) is 0.660. The third kappa shape index (κ3) is 1.82. The molecule has 0 aliphatic rings. The van der Waals surface area contributed by atoms with E-state index in [9.17, 15) is 14.4 Å². The summed E-state index contributed by atoms with van der Waals surface area (Å²) in [4.78, 5) is 42.6. The van der Waals surface area contributed by atoms with Gasteiger partial charge >= 0.3 is 11.7 Å². The van der Waals surface area contributed by atoms with E-state index >= 15 is 0 Å². The van der Waals surface area contributed by atoms with Gasteiger partial charge in [-0.1, -0.05) is 0 Å². The summed E-state index contributed by atoms with van der Waals surface area (Å²) >= 11 is 0. The highest BCUT2D eigenvalue weighted by atomic mass is 16.5. The van der Waals surface area contributed by atoms with E-state index in [0.29, 0.717) is 5.69 Å². The lowest BCUT2D eigenvalue weighted by molar-refractivity contribution is 0.0602. The number of aryl methyl sites for hydroxylation is 1. The smallest absolute Gasteiger partial charge is 0.338 e. The predicted molar refractivity (Wildman–Crippen MR) is 59.1 cm³/mol. The van der Waals surface area contributed by atoms with Crippen molar-refractivity contribution in [1.29, 1.82) is 0 Å². The van der Waals surface area contributed by atoms with Gasteiger partial charge in [-0.15, -0.1) is 0 Å². The molecule has 0 amide bonds. The number of aromatic amines is 2. The second kappa shape index (κ2) is 3.85. The zero-order chi connectivity index (χ0) is 12.6. The third-order valence-electron chi connectivity index (χ3n) is 2.24. The van der Waals surface area contributed by atoms with Gasteiger partial charge in [-0.05, 0) is 13.0 Å². The Bertz CT molecular complexity index is 714. The zero-order valence-corrected chi connectivity index (χ0v) is 9.16. The molecular formula is C10H9N3O4. The fourth-order valence-electron chi connectivity index (χ4n) is 1.57. The van der Waals surface area contributed by atoms with Crippen LogP contribution in [0, 0.1) is 6.92 Å². The van der Waals surface area contributed by atoms with Gasteiger partial charge in [0.25, 0.3) is 5.56 Å². The van der Waals surface area contributed by atoms with Crippen LogP contribution >= 0.6 is 0 Å². The molecule has 2 rings (SSSR count). The van der Waals surface area contributed by atoms with Gasteiger partial charge in [-0.25, -0.2) is 14.6 Å². The van der Waals surface area contributed by atoms with E-state index in [1.165, 1.54) is 13.2 Å². The van der Waals surface area contributed by atoms with Crippen molar-refractivity contribution in [3.05, 3.63) is 38.2 Å². The second-order valence-electron chi connectivity index (χ2n) is 3.43. The Balaban J connectivity index is 2.98. The molecule has 0 fully saturated rings. The highest BCUT2D eigenvalue weighted by Crippen LogP contribution is 2.12. The summed E-state index contributed by atoms with van der Waals surface area (Å²) in [6.45, 7) is 1.64. The van der Waals surface area contributed by atoms with Crippen molar-refractivity contribution in [3.63, 3.8) is 0 Å². The summed E-state index contributed by atoms with van der Waals surface area (Å²) in [5, 5.41) is 0.0158. The van der Waals surface area contributed by atoms with Gasteiger partial charge in [-0.2, -0.15) is 0 Å². The number of methoxy groups -OCH3 is 1. The van der Waals surface area contributed by atoms with Crippen LogP contribution in [0.5, 0.6) is 0 Å². The van der Waals surface area contributed by atoms with Crippen LogP contribution in [0.15, 0.2) is 15.7 Å². The number of pyridine rings is 1. The molecule has 2 aromatic rings. The maximum absolute atomic E-state index is 11.6. The lowest BCUT2D eigenvalue weighted by Gasteiger charge is -2.04. The lowest BCUT2D eigenvalue weighted by atomic mass is 10.1. The lowest BCUT2D eigenvalue weighted by Crippen LogP contribution is -2.24. The third-order valence-corrected chi connectivity index (χ3v) is 2.24. The molecule has 17 heavy (non-hydrogen) atoms. The second-order valence-corrected chi connectivity index (χ2v) is 3.43. The number of nitrogens with one attached hydrogen (secondary N) is 2. The Morgan fingerprint density at radius 3 is 2.71 bits per heavy atom. The Morgan fingerprint density at radius 2 is 2.06 bits per heavy atom. The number of aromatic nitrogens is 3. The van der Waals surface area contributed by atoms with E-state index in [0.717, 1.165) is 0 Å². The van der Waals surface area contributed by atoms with Crippen molar-refractivity contribution in [2.24, 2.45) is 0 Å².